The molecule has 1 saturated carbocycles. The summed E-state index contributed by atoms with van der Waals surface area (Å²) in [4.78, 5) is 15.3. The highest BCUT2D eigenvalue weighted by Gasteiger charge is 2.44. The molecular formula is C17H25ClN2O. The maximum Gasteiger partial charge on any atom is 0.233 e. The number of halogens is 1. The van der Waals surface area contributed by atoms with E-state index in [1.807, 2.05) is 6.07 Å². The van der Waals surface area contributed by atoms with Crippen LogP contribution in [-0.2, 0) is 10.2 Å². The summed E-state index contributed by atoms with van der Waals surface area (Å²) in [5.41, 5.74) is 0.978. The Hall–Kier alpha value is -1.06. The standard InChI is InChI=1S/C17H24N2O.ClH/c20-16(19-13-6-11-18-12-14-19)17(9-4-5-10-17)15-7-2-1-3-8-15;/h1-3,7-8,18H,4-6,9-14H2;1H. The number of carbonyl (C=O) groups excluding carboxylic acids is 1. The third-order valence-corrected chi connectivity index (χ3v) is 4.82. The van der Waals surface area contributed by atoms with E-state index < -0.39 is 0 Å². The lowest BCUT2D eigenvalue weighted by Gasteiger charge is -2.34. The summed E-state index contributed by atoms with van der Waals surface area (Å²) in [6, 6.07) is 10.4. The Morgan fingerprint density at radius 1 is 1.00 bits per heavy atom. The van der Waals surface area contributed by atoms with Gasteiger partial charge in [0, 0.05) is 19.6 Å². The van der Waals surface area contributed by atoms with Gasteiger partial charge in [0.05, 0.1) is 5.41 Å². The molecule has 1 N–H and O–H groups in total. The minimum Gasteiger partial charge on any atom is -0.341 e. The third-order valence-electron chi connectivity index (χ3n) is 4.82. The van der Waals surface area contributed by atoms with Gasteiger partial charge in [-0.25, -0.2) is 0 Å². The molecule has 0 bridgehead atoms. The minimum atomic E-state index is -0.244. The zero-order chi connectivity index (χ0) is 13.8. The summed E-state index contributed by atoms with van der Waals surface area (Å²) in [6.07, 6.45) is 5.44. The average molecular weight is 309 g/mol. The maximum atomic E-state index is 13.2. The SMILES string of the molecule is Cl.O=C(N1CCCNCC1)C1(c2ccccc2)CCCC1. The van der Waals surface area contributed by atoms with Crippen molar-refractivity contribution in [3.05, 3.63) is 35.9 Å². The second-order valence-corrected chi connectivity index (χ2v) is 6.05. The summed E-state index contributed by atoms with van der Waals surface area (Å²) in [5, 5.41) is 3.38. The van der Waals surface area contributed by atoms with Crippen molar-refractivity contribution >= 4 is 18.3 Å². The van der Waals surface area contributed by atoms with Crippen LogP contribution in [0.25, 0.3) is 0 Å². The van der Waals surface area contributed by atoms with Gasteiger partial charge in [0.1, 0.15) is 0 Å². The summed E-state index contributed by atoms with van der Waals surface area (Å²) in [7, 11) is 0. The van der Waals surface area contributed by atoms with Crippen LogP contribution in [0.3, 0.4) is 0 Å². The minimum absolute atomic E-state index is 0. The Kier molecular flexibility index (Phi) is 5.65. The molecule has 2 fully saturated rings. The molecule has 116 valence electrons. The molecule has 1 aliphatic heterocycles. The van der Waals surface area contributed by atoms with Gasteiger partial charge in [0.15, 0.2) is 0 Å². The number of nitrogens with one attached hydrogen (secondary N) is 1. The molecule has 1 amide bonds. The van der Waals surface area contributed by atoms with Crippen molar-refractivity contribution in [3.63, 3.8) is 0 Å². The van der Waals surface area contributed by atoms with Crippen molar-refractivity contribution in [3.8, 4) is 0 Å². The van der Waals surface area contributed by atoms with E-state index in [0.29, 0.717) is 5.91 Å². The quantitative estimate of drug-likeness (QED) is 0.911. The maximum absolute atomic E-state index is 13.2. The fourth-order valence-corrected chi connectivity index (χ4v) is 3.71. The van der Waals surface area contributed by atoms with E-state index in [1.165, 1.54) is 18.4 Å². The first-order valence-electron chi connectivity index (χ1n) is 7.89. The van der Waals surface area contributed by atoms with Crippen molar-refractivity contribution in [2.45, 2.75) is 37.5 Å². The van der Waals surface area contributed by atoms with Crippen LogP contribution < -0.4 is 5.32 Å². The smallest absolute Gasteiger partial charge is 0.233 e. The molecule has 1 heterocycles. The molecule has 1 saturated heterocycles. The normalized spacial score (nSPS) is 21.4. The molecule has 0 unspecified atom stereocenters. The van der Waals surface area contributed by atoms with Gasteiger partial charge in [-0.05, 0) is 31.4 Å². The molecule has 0 aromatic heterocycles. The summed E-state index contributed by atoms with van der Waals surface area (Å²) < 4.78 is 0. The van der Waals surface area contributed by atoms with Gasteiger partial charge in [0.25, 0.3) is 0 Å². The average Bonchev–Trinajstić information content (AvgIpc) is 2.84. The second kappa shape index (κ2) is 7.28. The highest BCUT2D eigenvalue weighted by atomic mass is 35.5. The van der Waals surface area contributed by atoms with Crippen molar-refractivity contribution in [2.75, 3.05) is 26.2 Å². The molecule has 3 rings (SSSR count). The molecule has 1 aliphatic carbocycles. The van der Waals surface area contributed by atoms with E-state index in [2.05, 4.69) is 34.5 Å². The van der Waals surface area contributed by atoms with Crippen molar-refractivity contribution in [1.82, 2.24) is 10.2 Å². The molecule has 0 radical (unpaired) electrons. The van der Waals surface area contributed by atoms with E-state index in [0.717, 1.165) is 45.4 Å². The zero-order valence-corrected chi connectivity index (χ0v) is 13.3. The molecule has 0 spiro atoms. The van der Waals surface area contributed by atoms with Crippen LogP contribution in [0.5, 0.6) is 0 Å². The van der Waals surface area contributed by atoms with Gasteiger partial charge >= 0.3 is 0 Å². The van der Waals surface area contributed by atoms with E-state index >= 15 is 0 Å². The number of hydrogen-bond donors (Lipinski definition) is 1. The molecule has 1 aromatic rings. The van der Waals surface area contributed by atoms with Gasteiger partial charge in [-0.3, -0.25) is 4.79 Å². The number of benzene rings is 1. The molecule has 4 heteroatoms. The number of hydrogen-bond acceptors (Lipinski definition) is 2. The van der Waals surface area contributed by atoms with Crippen molar-refractivity contribution in [2.24, 2.45) is 0 Å². The van der Waals surface area contributed by atoms with Crippen LogP contribution in [0.4, 0.5) is 0 Å². The lowest BCUT2D eigenvalue weighted by Crippen LogP contribution is -2.46. The molecule has 3 nitrogen and oxygen atoms in total. The predicted molar refractivity (Wildman–Crippen MR) is 87.9 cm³/mol. The highest BCUT2D eigenvalue weighted by Crippen LogP contribution is 2.42. The Bertz CT molecular complexity index is 449. The summed E-state index contributed by atoms with van der Waals surface area (Å²) in [5.74, 6) is 0.366. The largest absolute Gasteiger partial charge is 0.341 e. The van der Waals surface area contributed by atoms with E-state index in [-0.39, 0.29) is 17.8 Å². The Balaban J connectivity index is 0.00000161. The van der Waals surface area contributed by atoms with Crippen LogP contribution >= 0.6 is 12.4 Å². The lowest BCUT2D eigenvalue weighted by molar-refractivity contribution is -0.137. The summed E-state index contributed by atoms with van der Waals surface area (Å²) in [6.45, 7) is 3.71. The van der Waals surface area contributed by atoms with Gasteiger partial charge in [-0.2, -0.15) is 0 Å². The topological polar surface area (TPSA) is 32.3 Å². The molecule has 21 heavy (non-hydrogen) atoms. The van der Waals surface area contributed by atoms with Crippen molar-refractivity contribution < 1.29 is 4.79 Å². The third kappa shape index (κ3) is 3.24. The predicted octanol–water partition coefficient (Wildman–Crippen LogP) is 2.74. The number of nitrogens with zero attached hydrogens (tertiary/aromatic N) is 1. The first kappa shape index (κ1) is 16.3. The zero-order valence-electron chi connectivity index (χ0n) is 12.5. The van der Waals surface area contributed by atoms with Gasteiger partial charge < -0.3 is 10.2 Å². The molecule has 2 aliphatic rings. The Labute approximate surface area is 133 Å². The van der Waals surface area contributed by atoms with Crippen LogP contribution in [0, 0.1) is 0 Å². The first-order chi connectivity index (χ1) is 9.83. The first-order valence-corrected chi connectivity index (χ1v) is 7.89. The highest BCUT2D eigenvalue weighted by molar-refractivity contribution is 5.88. The fourth-order valence-electron chi connectivity index (χ4n) is 3.71. The van der Waals surface area contributed by atoms with E-state index in [9.17, 15) is 4.79 Å². The van der Waals surface area contributed by atoms with Gasteiger partial charge in [-0.1, -0.05) is 43.2 Å². The molecular weight excluding hydrogens is 284 g/mol. The van der Waals surface area contributed by atoms with Crippen LogP contribution in [0.15, 0.2) is 30.3 Å². The van der Waals surface area contributed by atoms with Gasteiger partial charge in [-0.15, -0.1) is 12.4 Å². The van der Waals surface area contributed by atoms with Crippen molar-refractivity contribution in [1.29, 1.82) is 0 Å². The fraction of sp³-hybridized carbons (Fsp3) is 0.588. The summed E-state index contributed by atoms with van der Waals surface area (Å²) >= 11 is 0. The second-order valence-electron chi connectivity index (χ2n) is 6.05. The van der Waals surface area contributed by atoms with E-state index in [1.54, 1.807) is 0 Å². The van der Waals surface area contributed by atoms with Crippen LogP contribution in [-0.4, -0.2) is 37.0 Å². The van der Waals surface area contributed by atoms with Crippen LogP contribution in [0.1, 0.15) is 37.7 Å². The Morgan fingerprint density at radius 2 is 1.71 bits per heavy atom. The number of carbonyl (C=O) groups is 1. The lowest BCUT2D eigenvalue weighted by atomic mass is 9.77. The Morgan fingerprint density at radius 3 is 2.43 bits per heavy atom. The molecule has 1 aromatic carbocycles. The number of amides is 1. The van der Waals surface area contributed by atoms with Gasteiger partial charge in [0.2, 0.25) is 5.91 Å². The number of rotatable bonds is 2. The van der Waals surface area contributed by atoms with E-state index in [4.69, 9.17) is 0 Å². The monoisotopic (exact) mass is 308 g/mol. The molecule has 0 atom stereocenters. The van der Waals surface area contributed by atoms with Crippen LogP contribution in [0.2, 0.25) is 0 Å².